The van der Waals surface area contributed by atoms with E-state index in [1.807, 2.05) is 30.0 Å². The number of hydrogen-bond donors (Lipinski definition) is 0. The third-order valence-corrected chi connectivity index (χ3v) is 5.55. The van der Waals surface area contributed by atoms with Crippen LogP contribution in [0.2, 0.25) is 0 Å². The summed E-state index contributed by atoms with van der Waals surface area (Å²) in [4.78, 5) is 33.9. The lowest BCUT2D eigenvalue weighted by Crippen LogP contribution is -2.36. The average Bonchev–Trinajstić information content (AvgIpc) is 3.15. The first-order valence-corrected chi connectivity index (χ1v) is 10.1. The summed E-state index contributed by atoms with van der Waals surface area (Å²) in [5.41, 5.74) is 0.677. The summed E-state index contributed by atoms with van der Waals surface area (Å²) in [5.74, 6) is 0.774. The lowest BCUT2D eigenvalue weighted by molar-refractivity contribution is -0.131. The molecule has 146 valence electrons. The van der Waals surface area contributed by atoms with Crippen LogP contribution in [0.5, 0.6) is 0 Å². The van der Waals surface area contributed by atoms with Crippen molar-refractivity contribution in [2.45, 2.75) is 39.7 Å². The summed E-state index contributed by atoms with van der Waals surface area (Å²) in [5, 5.41) is 0.628. The van der Waals surface area contributed by atoms with E-state index in [9.17, 15) is 9.59 Å². The first-order chi connectivity index (χ1) is 13.1. The molecule has 1 aromatic heterocycles. The van der Waals surface area contributed by atoms with Crippen LogP contribution in [-0.2, 0) is 11.3 Å². The van der Waals surface area contributed by atoms with Crippen molar-refractivity contribution >= 4 is 16.8 Å². The summed E-state index contributed by atoms with van der Waals surface area (Å²) in [6.45, 7) is 9.68. The lowest BCUT2D eigenvalue weighted by atomic mass is 10.1. The fourth-order valence-electron chi connectivity index (χ4n) is 3.89. The number of hydrogen-bond acceptors (Lipinski definition) is 4. The van der Waals surface area contributed by atoms with Gasteiger partial charge in [0.05, 0.1) is 17.2 Å². The van der Waals surface area contributed by atoms with E-state index in [0.29, 0.717) is 36.2 Å². The first-order valence-electron chi connectivity index (χ1n) is 10.1. The zero-order valence-corrected chi connectivity index (χ0v) is 16.4. The number of aromatic nitrogens is 2. The minimum Gasteiger partial charge on any atom is -0.343 e. The number of fused-ring (bicyclic) bond motifs is 1. The van der Waals surface area contributed by atoms with Crippen LogP contribution in [0.1, 0.15) is 33.1 Å². The molecule has 0 N–H and O–H groups in total. The number of amides is 1. The van der Waals surface area contributed by atoms with Crippen LogP contribution in [0.4, 0.5) is 0 Å². The van der Waals surface area contributed by atoms with Crippen LogP contribution in [0, 0.1) is 5.92 Å². The van der Waals surface area contributed by atoms with E-state index in [2.05, 4.69) is 16.8 Å². The van der Waals surface area contributed by atoms with Crippen molar-refractivity contribution < 1.29 is 4.79 Å². The van der Waals surface area contributed by atoms with E-state index in [-0.39, 0.29) is 11.5 Å². The van der Waals surface area contributed by atoms with Crippen LogP contribution in [-0.4, -0.2) is 58.0 Å². The second-order valence-electron chi connectivity index (χ2n) is 7.34. The molecule has 2 aromatic rings. The number of nitrogens with zero attached hydrogens (tertiary/aromatic N) is 4. The quantitative estimate of drug-likeness (QED) is 0.716. The SMILES string of the molecule is CCN1CCC(CN(CC)C(=O)CCCn2cnc3ccccc3c2=O)C1. The summed E-state index contributed by atoms with van der Waals surface area (Å²) >= 11 is 0. The van der Waals surface area contributed by atoms with E-state index in [4.69, 9.17) is 0 Å². The largest absolute Gasteiger partial charge is 0.343 e. The highest BCUT2D eigenvalue weighted by molar-refractivity contribution is 5.77. The Morgan fingerprint density at radius 1 is 1.30 bits per heavy atom. The maximum absolute atomic E-state index is 12.6. The van der Waals surface area contributed by atoms with Gasteiger partial charge in [-0.25, -0.2) is 4.98 Å². The molecular weight excluding hydrogens is 340 g/mol. The molecule has 1 saturated heterocycles. The molecule has 1 aliphatic heterocycles. The van der Waals surface area contributed by atoms with Gasteiger partial charge in [0.1, 0.15) is 0 Å². The molecule has 2 heterocycles. The number of likely N-dealkylation sites (tertiary alicyclic amines) is 1. The monoisotopic (exact) mass is 370 g/mol. The Balaban J connectivity index is 1.52. The minimum absolute atomic E-state index is 0.0361. The highest BCUT2D eigenvalue weighted by atomic mass is 16.2. The maximum Gasteiger partial charge on any atom is 0.261 e. The van der Waals surface area contributed by atoms with E-state index in [0.717, 1.165) is 32.7 Å². The van der Waals surface area contributed by atoms with Crippen LogP contribution in [0.3, 0.4) is 0 Å². The van der Waals surface area contributed by atoms with Crippen molar-refractivity contribution in [2.24, 2.45) is 5.92 Å². The number of rotatable bonds is 8. The van der Waals surface area contributed by atoms with Crippen LogP contribution >= 0.6 is 0 Å². The number of aryl methyl sites for hydroxylation is 1. The number of carbonyl (C=O) groups is 1. The zero-order chi connectivity index (χ0) is 19.2. The van der Waals surface area contributed by atoms with E-state index >= 15 is 0 Å². The summed E-state index contributed by atoms with van der Waals surface area (Å²) in [7, 11) is 0. The van der Waals surface area contributed by atoms with Crippen molar-refractivity contribution in [1.82, 2.24) is 19.4 Å². The van der Waals surface area contributed by atoms with Gasteiger partial charge < -0.3 is 9.80 Å². The Morgan fingerprint density at radius 2 is 2.11 bits per heavy atom. The van der Waals surface area contributed by atoms with Gasteiger partial charge in [0, 0.05) is 32.6 Å². The predicted octanol–water partition coefficient (Wildman–Crippen LogP) is 2.37. The molecule has 1 fully saturated rings. The highest BCUT2D eigenvalue weighted by Gasteiger charge is 2.24. The van der Waals surface area contributed by atoms with Gasteiger partial charge in [0.15, 0.2) is 0 Å². The zero-order valence-electron chi connectivity index (χ0n) is 16.4. The van der Waals surface area contributed by atoms with Gasteiger partial charge >= 0.3 is 0 Å². The Bertz CT molecular complexity index is 832. The van der Waals surface area contributed by atoms with Crippen molar-refractivity contribution in [2.75, 3.05) is 32.7 Å². The molecule has 0 radical (unpaired) electrons. The summed E-state index contributed by atoms with van der Waals surface area (Å²) < 4.78 is 1.61. The average molecular weight is 370 g/mol. The molecule has 0 aliphatic carbocycles. The topological polar surface area (TPSA) is 58.4 Å². The van der Waals surface area contributed by atoms with Gasteiger partial charge in [-0.15, -0.1) is 0 Å². The number of carbonyl (C=O) groups excluding carboxylic acids is 1. The van der Waals surface area contributed by atoms with E-state index in [1.54, 1.807) is 17.0 Å². The van der Waals surface area contributed by atoms with Crippen molar-refractivity contribution in [1.29, 1.82) is 0 Å². The number of benzene rings is 1. The van der Waals surface area contributed by atoms with Crippen LogP contribution in [0.25, 0.3) is 10.9 Å². The normalized spacial score (nSPS) is 17.5. The molecule has 1 aliphatic rings. The number of para-hydroxylation sites is 1. The fourth-order valence-corrected chi connectivity index (χ4v) is 3.89. The highest BCUT2D eigenvalue weighted by Crippen LogP contribution is 2.17. The Kier molecular flexibility index (Phi) is 6.61. The third kappa shape index (κ3) is 4.75. The molecule has 1 unspecified atom stereocenters. The Hall–Kier alpha value is -2.21. The van der Waals surface area contributed by atoms with Gasteiger partial charge in [-0.2, -0.15) is 0 Å². The first kappa shape index (κ1) is 19.5. The van der Waals surface area contributed by atoms with Gasteiger partial charge in [-0.3, -0.25) is 14.2 Å². The van der Waals surface area contributed by atoms with Crippen LogP contribution < -0.4 is 5.56 Å². The second-order valence-corrected chi connectivity index (χ2v) is 7.34. The molecule has 27 heavy (non-hydrogen) atoms. The van der Waals surface area contributed by atoms with Gasteiger partial charge in [0.2, 0.25) is 5.91 Å². The molecule has 6 nitrogen and oxygen atoms in total. The molecule has 0 spiro atoms. The summed E-state index contributed by atoms with van der Waals surface area (Å²) in [6, 6.07) is 7.36. The molecule has 1 atom stereocenters. The third-order valence-electron chi connectivity index (χ3n) is 5.55. The lowest BCUT2D eigenvalue weighted by Gasteiger charge is -2.24. The van der Waals surface area contributed by atoms with E-state index in [1.165, 1.54) is 6.42 Å². The molecule has 6 heteroatoms. The Labute approximate surface area is 160 Å². The van der Waals surface area contributed by atoms with Crippen molar-refractivity contribution in [3.05, 3.63) is 40.9 Å². The smallest absolute Gasteiger partial charge is 0.261 e. The summed E-state index contributed by atoms with van der Waals surface area (Å²) in [6.07, 6.45) is 3.89. The van der Waals surface area contributed by atoms with E-state index < -0.39 is 0 Å². The molecule has 1 aromatic carbocycles. The predicted molar refractivity (Wildman–Crippen MR) is 108 cm³/mol. The maximum atomic E-state index is 12.6. The van der Waals surface area contributed by atoms with Gasteiger partial charge in [-0.05, 0) is 50.9 Å². The molecule has 0 bridgehead atoms. The molecule has 3 rings (SSSR count). The van der Waals surface area contributed by atoms with Gasteiger partial charge in [0.25, 0.3) is 5.56 Å². The molecule has 1 amide bonds. The molecular formula is C21H30N4O2. The second kappa shape index (κ2) is 9.13. The standard InChI is InChI=1S/C21H30N4O2/c1-3-23-13-11-17(14-23)15-24(4-2)20(26)10-7-12-25-16-22-19-9-6-5-8-18(19)21(25)27/h5-6,8-9,16-17H,3-4,7,10-15H2,1-2H3. The van der Waals surface area contributed by atoms with Crippen molar-refractivity contribution in [3.63, 3.8) is 0 Å². The molecule has 0 saturated carbocycles. The van der Waals surface area contributed by atoms with Gasteiger partial charge in [-0.1, -0.05) is 19.1 Å². The van der Waals surface area contributed by atoms with Crippen LogP contribution in [0.15, 0.2) is 35.4 Å². The van der Waals surface area contributed by atoms with Crippen molar-refractivity contribution in [3.8, 4) is 0 Å². The Morgan fingerprint density at radius 3 is 2.85 bits per heavy atom. The fraction of sp³-hybridized carbons (Fsp3) is 0.571. The minimum atomic E-state index is -0.0361.